The van der Waals surface area contributed by atoms with Crippen LogP contribution in [0.1, 0.15) is 33.6 Å². The van der Waals surface area contributed by atoms with Crippen LogP contribution in [0.3, 0.4) is 0 Å². The summed E-state index contributed by atoms with van der Waals surface area (Å²) in [5.74, 6) is 0.435. The van der Waals surface area contributed by atoms with Crippen LogP contribution in [0, 0.1) is 11.7 Å². The zero-order valence-electron chi connectivity index (χ0n) is 10.6. The van der Waals surface area contributed by atoms with Gasteiger partial charge in [-0.25, -0.2) is 9.37 Å². The third-order valence-corrected chi connectivity index (χ3v) is 3.19. The van der Waals surface area contributed by atoms with Gasteiger partial charge in [0.15, 0.2) is 11.6 Å². The number of anilines is 1. The highest BCUT2D eigenvalue weighted by Crippen LogP contribution is 2.20. The second kappa shape index (κ2) is 6.74. The molecule has 0 aromatic carbocycles. The van der Waals surface area contributed by atoms with Gasteiger partial charge in [-0.2, -0.15) is 4.98 Å². The van der Waals surface area contributed by atoms with E-state index in [0.717, 1.165) is 25.6 Å². The van der Waals surface area contributed by atoms with Crippen LogP contribution in [0.5, 0.6) is 0 Å². The predicted molar refractivity (Wildman–Crippen MR) is 69.0 cm³/mol. The van der Waals surface area contributed by atoms with Crippen LogP contribution in [-0.4, -0.2) is 23.1 Å². The van der Waals surface area contributed by atoms with Gasteiger partial charge in [-0.15, -0.1) is 0 Å². The molecule has 1 aromatic rings. The van der Waals surface area contributed by atoms with Gasteiger partial charge >= 0.3 is 0 Å². The van der Waals surface area contributed by atoms with E-state index in [2.05, 4.69) is 23.8 Å². The van der Waals surface area contributed by atoms with E-state index >= 15 is 0 Å². The van der Waals surface area contributed by atoms with Crippen molar-refractivity contribution in [3.05, 3.63) is 17.3 Å². The van der Waals surface area contributed by atoms with Crippen molar-refractivity contribution in [2.24, 2.45) is 5.92 Å². The quantitative estimate of drug-likeness (QED) is 0.732. The maximum absolute atomic E-state index is 13.6. The molecule has 3 nitrogen and oxygen atoms in total. The van der Waals surface area contributed by atoms with Crippen LogP contribution in [0.15, 0.2) is 6.20 Å². The highest BCUT2D eigenvalue weighted by Gasteiger charge is 2.16. The zero-order chi connectivity index (χ0) is 12.8. The molecule has 0 fully saturated rings. The summed E-state index contributed by atoms with van der Waals surface area (Å²) in [5.41, 5.74) is 0. The number of hydrogen-bond donors (Lipinski definition) is 0. The van der Waals surface area contributed by atoms with Crippen LogP contribution in [0.25, 0.3) is 0 Å². The first-order valence-electron chi connectivity index (χ1n) is 6.05. The lowest BCUT2D eigenvalue weighted by Gasteiger charge is -2.26. The summed E-state index contributed by atoms with van der Waals surface area (Å²) in [4.78, 5) is 9.52. The first-order chi connectivity index (χ1) is 8.12. The largest absolute Gasteiger partial charge is 0.354 e. The minimum Gasteiger partial charge on any atom is -0.354 e. The zero-order valence-corrected chi connectivity index (χ0v) is 11.3. The minimum absolute atomic E-state index is 0.0874. The summed E-state index contributed by atoms with van der Waals surface area (Å²) in [6.45, 7) is 7.78. The monoisotopic (exact) mass is 259 g/mol. The van der Waals surface area contributed by atoms with E-state index in [9.17, 15) is 4.39 Å². The average Bonchev–Trinajstić information content (AvgIpc) is 2.34. The number of halogens is 2. The summed E-state index contributed by atoms with van der Waals surface area (Å²) in [5, 5.41) is 0.0874. The van der Waals surface area contributed by atoms with Crippen molar-refractivity contribution in [1.29, 1.82) is 0 Å². The Morgan fingerprint density at radius 2 is 2.00 bits per heavy atom. The number of hydrogen-bond acceptors (Lipinski definition) is 3. The fraction of sp³-hybridized carbons (Fsp3) is 0.667. The molecule has 0 radical (unpaired) electrons. The van der Waals surface area contributed by atoms with Crippen molar-refractivity contribution in [2.45, 2.75) is 33.6 Å². The van der Waals surface area contributed by atoms with Crippen LogP contribution in [0.2, 0.25) is 5.28 Å². The Bertz CT molecular complexity index is 356. The lowest BCUT2D eigenvalue weighted by molar-refractivity contribution is 0.479. The molecule has 0 saturated heterocycles. The maximum Gasteiger partial charge on any atom is 0.224 e. The van der Waals surface area contributed by atoms with Gasteiger partial charge in [-0.05, 0) is 24.4 Å². The summed E-state index contributed by atoms with van der Waals surface area (Å²) in [6.07, 6.45) is 3.28. The molecule has 1 heterocycles. The van der Waals surface area contributed by atoms with Gasteiger partial charge in [0.05, 0.1) is 6.20 Å². The smallest absolute Gasteiger partial charge is 0.224 e. The molecule has 0 aliphatic carbocycles. The first kappa shape index (κ1) is 14.2. The van der Waals surface area contributed by atoms with Crippen molar-refractivity contribution in [3.63, 3.8) is 0 Å². The lowest BCUT2D eigenvalue weighted by atomic mass is 10.0. The molecule has 0 N–H and O–H groups in total. The Morgan fingerprint density at radius 3 is 2.53 bits per heavy atom. The molecule has 0 aliphatic rings. The van der Waals surface area contributed by atoms with Crippen molar-refractivity contribution >= 4 is 17.4 Å². The van der Waals surface area contributed by atoms with Gasteiger partial charge < -0.3 is 4.90 Å². The summed E-state index contributed by atoms with van der Waals surface area (Å²) >= 11 is 5.71. The molecule has 0 unspecified atom stereocenters. The van der Waals surface area contributed by atoms with E-state index in [1.807, 2.05) is 11.8 Å². The third kappa shape index (κ3) is 3.80. The maximum atomic E-state index is 13.6. The molecule has 96 valence electrons. The van der Waals surface area contributed by atoms with E-state index in [1.165, 1.54) is 0 Å². The normalized spacial score (nSPS) is 10.9. The Hall–Kier alpha value is -0.900. The Kier molecular flexibility index (Phi) is 5.62. The molecular formula is C12H19ClFN3. The molecule has 1 aromatic heterocycles. The second-order valence-corrected chi connectivity index (χ2v) is 4.37. The molecule has 1 rings (SSSR count). The summed E-state index contributed by atoms with van der Waals surface area (Å²) < 4.78 is 13.6. The number of nitrogens with zero attached hydrogens (tertiary/aromatic N) is 3. The van der Waals surface area contributed by atoms with Gasteiger partial charge in [0.2, 0.25) is 5.28 Å². The van der Waals surface area contributed by atoms with E-state index in [-0.39, 0.29) is 5.28 Å². The SMILES string of the molecule is CCC(CC)CN(CC)c1nc(Cl)ncc1F. The topological polar surface area (TPSA) is 29.0 Å². The fourth-order valence-electron chi connectivity index (χ4n) is 1.78. The highest BCUT2D eigenvalue weighted by molar-refractivity contribution is 6.28. The van der Waals surface area contributed by atoms with Crippen molar-refractivity contribution in [3.8, 4) is 0 Å². The van der Waals surface area contributed by atoms with Crippen molar-refractivity contribution in [1.82, 2.24) is 9.97 Å². The Morgan fingerprint density at radius 1 is 1.35 bits per heavy atom. The van der Waals surface area contributed by atoms with Gasteiger partial charge in [0.1, 0.15) is 0 Å². The van der Waals surface area contributed by atoms with Crippen LogP contribution >= 0.6 is 11.6 Å². The molecule has 0 spiro atoms. The van der Waals surface area contributed by atoms with Gasteiger partial charge in [0, 0.05) is 13.1 Å². The molecule has 0 saturated carbocycles. The highest BCUT2D eigenvalue weighted by atomic mass is 35.5. The van der Waals surface area contributed by atoms with Crippen LogP contribution in [-0.2, 0) is 0 Å². The molecule has 17 heavy (non-hydrogen) atoms. The summed E-state index contributed by atoms with van der Waals surface area (Å²) in [6, 6.07) is 0. The molecule has 0 bridgehead atoms. The summed E-state index contributed by atoms with van der Waals surface area (Å²) in [7, 11) is 0. The predicted octanol–water partition coefficient (Wildman–Crippen LogP) is 3.53. The van der Waals surface area contributed by atoms with Gasteiger partial charge in [-0.1, -0.05) is 26.7 Å². The van der Waals surface area contributed by atoms with Crippen LogP contribution < -0.4 is 4.90 Å². The molecule has 0 amide bonds. The Labute approximate surface area is 107 Å². The molecular weight excluding hydrogens is 241 g/mol. The number of aromatic nitrogens is 2. The molecule has 0 aliphatic heterocycles. The average molecular weight is 260 g/mol. The fourth-order valence-corrected chi connectivity index (χ4v) is 1.91. The molecule has 0 atom stereocenters. The van der Waals surface area contributed by atoms with Crippen molar-refractivity contribution in [2.75, 3.05) is 18.0 Å². The third-order valence-electron chi connectivity index (χ3n) is 3.01. The lowest BCUT2D eigenvalue weighted by Crippen LogP contribution is -2.30. The van der Waals surface area contributed by atoms with Crippen LogP contribution in [0.4, 0.5) is 10.2 Å². The van der Waals surface area contributed by atoms with E-state index in [4.69, 9.17) is 11.6 Å². The number of rotatable bonds is 6. The van der Waals surface area contributed by atoms with Crippen molar-refractivity contribution < 1.29 is 4.39 Å². The first-order valence-corrected chi connectivity index (χ1v) is 6.43. The van der Waals surface area contributed by atoms with E-state index in [1.54, 1.807) is 0 Å². The van der Waals surface area contributed by atoms with E-state index in [0.29, 0.717) is 18.3 Å². The van der Waals surface area contributed by atoms with E-state index < -0.39 is 5.82 Å². The molecule has 5 heteroatoms. The Balaban J connectivity index is 2.89. The minimum atomic E-state index is -0.415. The van der Waals surface area contributed by atoms with Gasteiger partial charge in [0.25, 0.3) is 0 Å². The standard InChI is InChI=1S/C12H19ClFN3/c1-4-9(5-2)8-17(6-3)11-10(14)7-15-12(13)16-11/h7,9H,4-6,8H2,1-3H3. The second-order valence-electron chi connectivity index (χ2n) is 4.03. The van der Waals surface area contributed by atoms with Gasteiger partial charge in [-0.3, -0.25) is 0 Å².